The maximum absolute atomic E-state index is 13.2. The second-order valence-electron chi connectivity index (χ2n) is 7.65. The number of hydrogen-bond acceptors (Lipinski definition) is 3. The van der Waals surface area contributed by atoms with Gasteiger partial charge in [0, 0.05) is 31.1 Å². The molecule has 1 atom stereocenters. The monoisotopic (exact) mass is 380 g/mol. The summed E-state index contributed by atoms with van der Waals surface area (Å²) in [6.45, 7) is 2.44. The van der Waals surface area contributed by atoms with E-state index < -0.39 is 0 Å². The Morgan fingerprint density at radius 3 is 2.64 bits per heavy atom. The number of halogens is 1. The largest absolute Gasteiger partial charge is 0.328 e. The number of fused-ring (bicyclic) bond motifs is 1. The highest BCUT2D eigenvalue weighted by atomic mass is 19.1. The highest BCUT2D eigenvalue weighted by Gasteiger charge is 2.34. The summed E-state index contributed by atoms with van der Waals surface area (Å²) in [6, 6.07) is 14.3. The molecule has 1 saturated heterocycles. The molecule has 1 fully saturated rings. The number of amides is 1. The molecule has 0 spiro atoms. The number of carbonyl (C=O) groups excluding carboxylic acids is 1. The molecule has 1 aliphatic rings. The normalized spacial score (nSPS) is 17.2. The fourth-order valence-electron chi connectivity index (χ4n) is 3.94. The number of aromatic nitrogens is 2. The van der Waals surface area contributed by atoms with Gasteiger partial charge in [0.25, 0.3) is 0 Å². The van der Waals surface area contributed by atoms with Gasteiger partial charge in [0.1, 0.15) is 11.6 Å². The summed E-state index contributed by atoms with van der Waals surface area (Å²) in [5.41, 5.74) is 2.82. The summed E-state index contributed by atoms with van der Waals surface area (Å²) in [5, 5.41) is 0. The van der Waals surface area contributed by atoms with E-state index in [0.29, 0.717) is 13.0 Å². The van der Waals surface area contributed by atoms with Crippen molar-refractivity contribution < 1.29 is 9.18 Å². The molecule has 146 valence electrons. The van der Waals surface area contributed by atoms with Crippen molar-refractivity contribution in [3.8, 4) is 0 Å². The van der Waals surface area contributed by atoms with Crippen LogP contribution >= 0.6 is 0 Å². The summed E-state index contributed by atoms with van der Waals surface area (Å²) in [4.78, 5) is 21.5. The Kier molecular flexibility index (Phi) is 5.13. The van der Waals surface area contributed by atoms with Gasteiger partial charge in [-0.25, -0.2) is 9.37 Å². The Bertz CT molecular complexity index is 980. The molecule has 0 radical (unpaired) electrons. The SMILES string of the molecule is CN(C)CCCn1c([C@H]2CC(=O)N(c3ccc(F)cc3)C2)nc2ccccc21. The Labute approximate surface area is 164 Å². The van der Waals surface area contributed by atoms with Crippen molar-refractivity contribution in [1.82, 2.24) is 14.5 Å². The van der Waals surface area contributed by atoms with E-state index in [1.807, 2.05) is 18.2 Å². The third kappa shape index (κ3) is 3.64. The van der Waals surface area contributed by atoms with Gasteiger partial charge in [-0.1, -0.05) is 12.1 Å². The van der Waals surface area contributed by atoms with Crippen molar-refractivity contribution in [1.29, 1.82) is 0 Å². The molecule has 3 aromatic rings. The molecule has 6 heteroatoms. The van der Waals surface area contributed by atoms with Crippen LogP contribution in [0.4, 0.5) is 10.1 Å². The van der Waals surface area contributed by atoms with E-state index in [1.54, 1.807) is 17.0 Å². The molecule has 1 aliphatic heterocycles. The van der Waals surface area contributed by atoms with Crippen molar-refractivity contribution in [2.75, 3.05) is 32.1 Å². The lowest BCUT2D eigenvalue weighted by Crippen LogP contribution is -2.24. The number of nitrogens with zero attached hydrogens (tertiary/aromatic N) is 4. The van der Waals surface area contributed by atoms with Crippen molar-refractivity contribution in [2.24, 2.45) is 0 Å². The molecule has 0 unspecified atom stereocenters. The molecular weight excluding hydrogens is 355 g/mol. The number of aryl methyl sites for hydroxylation is 1. The van der Waals surface area contributed by atoms with Gasteiger partial charge < -0.3 is 14.4 Å². The standard InChI is InChI=1S/C22H25FN4O/c1-25(2)12-5-13-26-20-7-4-3-6-19(20)24-22(26)16-14-21(28)27(15-16)18-10-8-17(23)9-11-18/h3-4,6-11,16H,5,12-15H2,1-2H3/t16-/m0/s1. The molecule has 0 aliphatic carbocycles. The summed E-state index contributed by atoms with van der Waals surface area (Å²) in [6.07, 6.45) is 1.44. The van der Waals surface area contributed by atoms with Gasteiger partial charge in [-0.05, 0) is 63.5 Å². The predicted octanol–water partition coefficient (Wildman–Crippen LogP) is 3.65. The van der Waals surface area contributed by atoms with Crippen LogP contribution in [-0.4, -0.2) is 47.5 Å². The molecule has 4 rings (SSSR count). The van der Waals surface area contributed by atoms with Crippen molar-refractivity contribution >= 4 is 22.6 Å². The van der Waals surface area contributed by atoms with Gasteiger partial charge in [-0.15, -0.1) is 0 Å². The Morgan fingerprint density at radius 1 is 1.14 bits per heavy atom. The van der Waals surface area contributed by atoms with Crippen LogP contribution in [0.25, 0.3) is 11.0 Å². The number of imidazole rings is 1. The lowest BCUT2D eigenvalue weighted by atomic mass is 10.1. The molecule has 2 heterocycles. The Balaban J connectivity index is 1.63. The number of benzene rings is 2. The minimum absolute atomic E-state index is 0.0318. The molecule has 2 aromatic carbocycles. The van der Waals surface area contributed by atoms with E-state index in [2.05, 4.69) is 29.6 Å². The number of para-hydroxylation sites is 2. The molecule has 1 aromatic heterocycles. The highest BCUT2D eigenvalue weighted by Crippen LogP contribution is 2.33. The zero-order chi connectivity index (χ0) is 19.7. The molecule has 0 N–H and O–H groups in total. The molecule has 5 nitrogen and oxygen atoms in total. The Morgan fingerprint density at radius 2 is 1.89 bits per heavy atom. The Hall–Kier alpha value is -2.73. The summed E-state index contributed by atoms with van der Waals surface area (Å²) in [7, 11) is 4.15. The van der Waals surface area contributed by atoms with Crippen LogP contribution in [-0.2, 0) is 11.3 Å². The van der Waals surface area contributed by atoms with Crippen molar-refractivity contribution in [3.63, 3.8) is 0 Å². The van der Waals surface area contributed by atoms with E-state index in [-0.39, 0.29) is 17.6 Å². The first-order valence-electron chi connectivity index (χ1n) is 9.69. The van der Waals surface area contributed by atoms with E-state index in [9.17, 15) is 9.18 Å². The van der Waals surface area contributed by atoms with Crippen LogP contribution in [0.3, 0.4) is 0 Å². The van der Waals surface area contributed by atoms with Gasteiger partial charge >= 0.3 is 0 Å². The number of rotatable bonds is 6. The van der Waals surface area contributed by atoms with Crippen LogP contribution in [0, 0.1) is 5.82 Å². The molecule has 1 amide bonds. The lowest BCUT2D eigenvalue weighted by molar-refractivity contribution is -0.117. The first-order valence-corrected chi connectivity index (χ1v) is 9.69. The van der Waals surface area contributed by atoms with Gasteiger partial charge in [-0.2, -0.15) is 0 Å². The van der Waals surface area contributed by atoms with Crippen LogP contribution < -0.4 is 4.90 Å². The summed E-state index contributed by atoms with van der Waals surface area (Å²) in [5.74, 6) is 0.764. The fraction of sp³-hybridized carbons (Fsp3) is 0.364. The summed E-state index contributed by atoms with van der Waals surface area (Å²) < 4.78 is 15.5. The van der Waals surface area contributed by atoms with Gasteiger partial charge in [0.15, 0.2) is 0 Å². The molecule has 0 saturated carbocycles. The zero-order valence-electron chi connectivity index (χ0n) is 16.3. The van der Waals surface area contributed by atoms with E-state index in [0.717, 1.165) is 42.1 Å². The van der Waals surface area contributed by atoms with E-state index in [1.165, 1.54) is 12.1 Å². The maximum atomic E-state index is 13.2. The minimum atomic E-state index is -0.297. The van der Waals surface area contributed by atoms with Crippen LogP contribution in [0.5, 0.6) is 0 Å². The predicted molar refractivity (Wildman–Crippen MR) is 109 cm³/mol. The van der Waals surface area contributed by atoms with Crippen LogP contribution in [0.1, 0.15) is 24.6 Å². The quantitative estimate of drug-likeness (QED) is 0.656. The second kappa shape index (κ2) is 7.72. The third-order valence-electron chi connectivity index (χ3n) is 5.30. The number of hydrogen-bond donors (Lipinski definition) is 0. The van der Waals surface area contributed by atoms with Crippen molar-refractivity contribution in [2.45, 2.75) is 25.3 Å². The van der Waals surface area contributed by atoms with E-state index >= 15 is 0 Å². The smallest absolute Gasteiger partial charge is 0.227 e. The van der Waals surface area contributed by atoms with Gasteiger partial charge in [0.05, 0.1) is 11.0 Å². The highest BCUT2D eigenvalue weighted by molar-refractivity contribution is 5.96. The second-order valence-corrected chi connectivity index (χ2v) is 7.65. The minimum Gasteiger partial charge on any atom is -0.328 e. The molecular formula is C22H25FN4O. The topological polar surface area (TPSA) is 41.4 Å². The average Bonchev–Trinajstić information content (AvgIpc) is 3.23. The van der Waals surface area contributed by atoms with Gasteiger partial charge in [0.2, 0.25) is 5.91 Å². The first kappa shape index (κ1) is 18.6. The molecule has 0 bridgehead atoms. The molecule has 28 heavy (non-hydrogen) atoms. The number of anilines is 1. The van der Waals surface area contributed by atoms with Crippen molar-refractivity contribution in [3.05, 3.63) is 60.2 Å². The fourth-order valence-corrected chi connectivity index (χ4v) is 3.94. The van der Waals surface area contributed by atoms with Crippen LogP contribution in [0.2, 0.25) is 0 Å². The van der Waals surface area contributed by atoms with Gasteiger partial charge in [-0.3, -0.25) is 4.79 Å². The summed E-state index contributed by atoms with van der Waals surface area (Å²) >= 11 is 0. The average molecular weight is 380 g/mol. The first-order chi connectivity index (χ1) is 13.5. The van der Waals surface area contributed by atoms with Crippen LogP contribution in [0.15, 0.2) is 48.5 Å². The zero-order valence-corrected chi connectivity index (χ0v) is 16.3. The van der Waals surface area contributed by atoms with E-state index in [4.69, 9.17) is 4.98 Å². The maximum Gasteiger partial charge on any atom is 0.227 e. The number of carbonyl (C=O) groups is 1. The third-order valence-corrected chi connectivity index (χ3v) is 5.30. The lowest BCUT2D eigenvalue weighted by Gasteiger charge is -2.18.